The minimum atomic E-state index is -0.507. The number of ketones is 1. The Bertz CT molecular complexity index is 1330. The minimum absolute atomic E-state index is 0.0286. The van der Waals surface area contributed by atoms with Crippen LogP contribution in [0.15, 0.2) is 72.9 Å². The van der Waals surface area contributed by atoms with Crippen LogP contribution in [0.4, 0.5) is 0 Å². The summed E-state index contributed by atoms with van der Waals surface area (Å²) in [5, 5.41) is 4.98. The number of aromatic nitrogens is 1. The van der Waals surface area contributed by atoms with Gasteiger partial charge in [0.1, 0.15) is 0 Å². The highest BCUT2D eigenvalue weighted by Crippen LogP contribution is 2.26. The quantitative estimate of drug-likeness (QED) is 0.328. The number of fused-ring (bicyclic) bond motifs is 1. The second-order valence-electron chi connectivity index (χ2n) is 8.67. The van der Waals surface area contributed by atoms with Crippen molar-refractivity contribution in [3.05, 3.63) is 106 Å². The summed E-state index contributed by atoms with van der Waals surface area (Å²) in [6.07, 6.45) is 2.44. The van der Waals surface area contributed by atoms with Crippen LogP contribution in [0.25, 0.3) is 10.9 Å². The van der Waals surface area contributed by atoms with Crippen molar-refractivity contribution < 1.29 is 9.59 Å². The first-order chi connectivity index (χ1) is 16.3. The molecular formula is C28H28ClN3O2. The minimum Gasteiger partial charge on any atom is -0.360 e. The zero-order valence-corrected chi connectivity index (χ0v) is 20.3. The van der Waals surface area contributed by atoms with Gasteiger partial charge in [-0.15, -0.1) is 0 Å². The molecule has 3 aromatic carbocycles. The van der Waals surface area contributed by atoms with Gasteiger partial charge in [0.25, 0.3) is 5.91 Å². The van der Waals surface area contributed by atoms with E-state index in [-0.39, 0.29) is 11.7 Å². The third-order valence-electron chi connectivity index (χ3n) is 5.95. The lowest BCUT2D eigenvalue weighted by Crippen LogP contribution is -2.30. The van der Waals surface area contributed by atoms with Gasteiger partial charge in [0.05, 0.1) is 6.04 Å². The molecule has 0 fully saturated rings. The average molecular weight is 474 g/mol. The summed E-state index contributed by atoms with van der Waals surface area (Å²) in [5.74, 6) is -0.109. The molecule has 5 nitrogen and oxygen atoms in total. The molecule has 4 rings (SSSR count). The van der Waals surface area contributed by atoms with Gasteiger partial charge in [-0.3, -0.25) is 9.59 Å². The number of halogens is 1. The molecule has 1 amide bonds. The summed E-state index contributed by atoms with van der Waals surface area (Å²) >= 11 is 6.40. The first-order valence-electron chi connectivity index (χ1n) is 11.3. The molecule has 34 heavy (non-hydrogen) atoms. The molecular weight excluding hydrogens is 446 g/mol. The van der Waals surface area contributed by atoms with Gasteiger partial charge in [0.15, 0.2) is 5.78 Å². The van der Waals surface area contributed by atoms with E-state index in [1.54, 1.807) is 32.4 Å². The first-order valence-corrected chi connectivity index (χ1v) is 11.6. The van der Waals surface area contributed by atoms with Gasteiger partial charge in [0.2, 0.25) is 0 Å². The number of hydrogen-bond donors (Lipinski definition) is 2. The average Bonchev–Trinajstić information content (AvgIpc) is 3.26. The number of H-pyrrole nitrogens is 1. The lowest BCUT2D eigenvalue weighted by atomic mass is 9.96. The highest BCUT2D eigenvalue weighted by molar-refractivity contribution is 6.31. The Labute approximate surface area is 204 Å². The molecule has 0 spiro atoms. The first kappa shape index (κ1) is 23.7. The summed E-state index contributed by atoms with van der Waals surface area (Å²) in [6.45, 7) is 2.61. The predicted octanol–water partition coefficient (Wildman–Crippen LogP) is 5.59. The fraction of sp³-hybridized carbons (Fsp3) is 0.214. The fourth-order valence-electron chi connectivity index (χ4n) is 4.09. The van der Waals surface area contributed by atoms with Crippen LogP contribution in [-0.2, 0) is 6.42 Å². The molecule has 1 heterocycles. The van der Waals surface area contributed by atoms with E-state index in [0.29, 0.717) is 24.1 Å². The lowest BCUT2D eigenvalue weighted by molar-refractivity contribution is 0.0827. The number of nitrogens with zero attached hydrogens (tertiary/aromatic N) is 1. The lowest BCUT2D eigenvalue weighted by Gasteiger charge is -2.18. The molecule has 0 unspecified atom stereocenters. The zero-order valence-electron chi connectivity index (χ0n) is 19.6. The molecule has 6 heteroatoms. The molecule has 1 atom stereocenters. The third kappa shape index (κ3) is 5.06. The zero-order chi connectivity index (χ0) is 24.2. The topological polar surface area (TPSA) is 65.2 Å². The van der Waals surface area contributed by atoms with Crippen molar-refractivity contribution in [2.45, 2.75) is 19.4 Å². The maximum Gasteiger partial charge on any atom is 0.253 e. The summed E-state index contributed by atoms with van der Waals surface area (Å²) in [7, 11) is 3.44. The molecule has 0 radical (unpaired) electrons. The van der Waals surface area contributed by atoms with Crippen LogP contribution >= 0.6 is 11.6 Å². The van der Waals surface area contributed by atoms with Gasteiger partial charge >= 0.3 is 0 Å². The van der Waals surface area contributed by atoms with E-state index in [9.17, 15) is 9.59 Å². The molecule has 0 aliphatic carbocycles. The van der Waals surface area contributed by atoms with Gasteiger partial charge in [-0.05, 0) is 48.2 Å². The van der Waals surface area contributed by atoms with Gasteiger partial charge in [-0.1, -0.05) is 60.1 Å². The van der Waals surface area contributed by atoms with Crippen molar-refractivity contribution in [1.82, 2.24) is 15.2 Å². The Morgan fingerprint density at radius 2 is 1.79 bits per heavy atom. The van der Waals surface area contributed by atoms with Crippen LogP contribution in [0.1, 0.15) is 43.4 Å². The van der Waals surface area contributed by atoms with Crippen molar-refractivity contribution in [2.24, 2.45) is 0 Å². The maximum absolute atomic E-state index is 13.7. The smallest absolute Gasteiger partial charge is 0.253 e. The van der Waals surface area contributed by atoms with Crippen molar-refractivity contribution >= 4 is 34.2 Å². The number of aryl methyl sites for hydroxylation is 1. The van der Waals surface area contributed by atoms with E-state index in [0.717, 1.165) is 32.6 Å². The molecule has 0 bridgehead atoms. The van der Waals surface area contributed by atoms with E-state index < -0.39 is 6.04 Å². The van der Waals surface area contributed by atoms with Crippen molar-refractivity contribution in [3.63, 3.8) is 0 Å². The SMILES string of the molecule is Cc1ccc(CCN[C@H](C(=O)c2c[nH]c3cc(C(=O)N(C)C)ccc23)c2ccccc2)c(Cl)c1. The summed E-state index contributed by atoms with van der Waals surface area (Å²) in [6, 6.07) is 20.6. The monoisotopic (exact) mass is 473 g/mol. The Morgan fingerprint density at radius 3 is 2.50 bits per heavy atom. The standard InChI is InChI=1S/C28H28ClN3O2/c1-18-9-10-19(24(29)15-18)13-14-30-26(20-7-5-4-6-8-20)27(33)23-17-31-25-16-21(11-12-22(23)25)28(34)32(2)3/h4-12,15-17,26,30-31H,13-14H2,1-3H3/t26-/m0/s1. The van der Waals surface area contributed by atoms with Crippen LogP contribution < -0.4 is 5.32 Å². The number of benzene rings is 3. The van der Waals surface area contributed by atoms with Gasteiger partial charge in [-0.25, -0.2) is 0 Å². The van der Waals surface area contributed by atoms with Crippen LogP contribution in [0.2, 0.25) is 5.02 Å². The molecule has 0 saturated heterocycles. The van der Waals surface area contributed by atoms with Crippen LogP contribution in [0.3, 0.4) is 0 Å². The normalized spacial score (nSPS) is 12.0. The van der Waals surface area contributed by atoms with E-state index in [1.807, 2.05) is 61.5 Å². The highest BCUT2D eigenvalue weighted by atomic mass is 35.5. The second-order valence-corrected chi connectivity index (χ2v) is 9.08. The van der Waals surface area contributed by atoms with Gasteiger partial charge < -0.3 is 15.2 Å². The summed E-state index contributed by atoms with van der Waals surface area (Å²) in [5.41, 5.74) is 4.99. The number of rotatable bonds is 8. The molecule has 0 saturated carbocycles. The largest absolute Gasteiger partial charge is 0.360 e. The molecule has 1 aromatic heterocycles. The summed E-state index contributed by atoms with van der Waals surface area (Å²) in [4.78, 5) is 30.7. The molecule has 4 aromatic rings. The fourth-order valence-corrected chi connectivity index (χ4v) is 4.42. The highest BCUT2D eigenvalue weighted by Gasteiger charge is 2.24. The number of hydrogen-bond acceptors (Lipinski definition) is 3. The second kappa shape index (κ2) is 10.2. The molecule has 2 N–H and O–H groups in total. The van der Waals surface area contributed by atoms with E-state index in [4.69, 9.17) is 11.6 Å². The number of amides is 1. The van der Waals surface area contributed by atoms with Crippen molar-refractivity contribution in [1.29, 1.82) is 0 Å². The number of carbonyl (C=O) groups is 2. The number of aromatic amines is 1. The van der Waals surface area contributed by atoms with Crippen molar-refractivity contribution in [2.75, 3.05) is 20.6 Å². The molecule has 0 aliphatic heterocycles. The molecule has 174 valence electrons. The van der Waals surface area contributed by atoms with Crippen LogP contribution in [-0.4, -0.2) is 42.2 Å². The van der Waals surface area contributed by atoms with Gasteiger partial charge in [-0.2, -0.15) is 0 Å². The predicted molar refractivity (Wildman–Crippen MR) is 138 cm³/mol. The van der Waals surface area contributed by atoms with E-state index >= 15 is 0 Å². The summed E-state index contributed by atoms with van der Waals surface area (Å²) < 4.78 is 0. The third-order valence-corrected chi connectivity index (χ3v) is 6.30. The van der Waals surface area contributed by atoms with Gasteiger partial charge in [0, 0.05) is 53.9 Å². The van der Waals surface area contributed by atoms with E-state index in [1.165, 1.54) is 4.90 Å². The number of Topliss-reactive ketones (excluding diaryl/α,β-unsaturated/α-hetero) is 1. The molecule has 0 aliphatic rings. The number of nitrogens with one attached hydrogen (secondary N) is 2. The Morgan fingerprint density at radius 1 is 1.03 bits per heavy atom. The van der Waals surface area contributed by atoms with Crippen LogP contribution in [0, 0.1) is 6.92 Å². The Hall–Kier alpha value is -3.41. The Balaban J connectivity index is 1.59. The van der Waals surface area contributed by atoms with Crippen LogP contribution in [0.5, 0.6) is 0 Å². The number of carbonyl (C=O) groups excluding carboxylic acids is 2. The van der Waals surface area contributed by atoms with E-state index in [2.05, 4.69) is 10.3 Å². The maximum atomic E-state index is 13.7. The van der Waals surface area contributed by atoms with Crippen molar-refractivity contribution in [3.8, 4) is 0 Å². The Kier molecular flexibility index (Phi) is 7.15.